The summed E-state index contributed by atoms with van der Waals surface area (Å²) in [5.74, 6) is -0.0232. The van der Waals surface area contributed by atoms with Gasteiger partial charge in [0.15, 0.2) is 0 Å². The Balaban J connectivity index is 2.95. The van der Waals surface area contributed by atoms with E-state index in [2.05, 4.69) is 4.74 Å². The van der Waals surface area contributed by atoms with E-state index in [0.29, 0.717) is 0 Å². The van der Waals surface area contributed by atoms with Crippen molar-refractivity contribution in [1.82, 2.24) is 0 Å². The summed E-state index contributed by atoms with van der Waals surface area (Å²) >= 11 is 0. The van der Waals surface area contributed by atoms with Crippen LogP contribution in [0.4, 0.5) is 4.79 Å². The molecule has 0 aliphatic carbocycles. The van der Waals surface area contributed by atoms with Crippen LogP contribution in [0.3, 0.4) is 0 Å². The molecule has 2 N–H and O–H groups in total. The summed E-state index contributed by atoms with van der Waals surface area (Å²) < 4.78 is 33.9. The normalized spacial score (nSPS) is 10.9. The summed E-state index contributed by atoms with van der Waals surface area (Å²) in [6, 6.07) is 4.32. The van der Waals surface area contributed by atoms with E-state index in [1.54, 1.807) is 0 Å². The van der Waals surface area contributed by atoms with Crippen molar-refractivity contribution < 1.29 is 27.6 Å². The zero-order valence-corrected chi connectivity index (χ0v) is 7.56. The van der Waals surface area contributed by atoms with Crippen LogP contribution in [0, 0.1) is 0 Å². The highest BCUT2D eigenvalue weighted by atomic mass is 32.2. The van der Waals surface area contributed by atoms with Crippen LogP contribution in [0.15, 0.2) is 29.2 Å². The maximum Gasteiger partial charge on any atom is 0.511 e. The molecule has 76 valence electrons. The highest BCUT2D eigenvalue weighted by molar-refractivity contribution is 7.85. The predicted octanol–water partition coefficient (Wildman–Crippen LogP) is 0.990. The molecular weight excluding hydrogens is 212 g/mol. The second-order valence-electron chi connectivity index (χ2n) is 2.31. The van der Waals surface area contributed by atoms with Crippen molar-refractivity contribution in [3.05, 3.63) is 24.3 Å². The van der Waals surface area contributed by atoms with Gasteiger partial charge in [0.2, 0.25) is 0 Å². The van der Waals surface area contributed by atoms with E-state index in [1.807, 2.05) is 0 Å². The van der Waals surface area contributed by atoms with E-state index in [4.69, 9.17) is 9.66 Å². The summed E-state index contributed by atoms with van der Waals surface area (Å²) in [4.78, 5) is 9.74. The molecule has 0 radical (unpaired) electrons. The molecule has 0 saturated carbocycles. The Bertz CT molecular complexity index is 432. The Morgan fingerprint density at radius 3 is 2.07 bits per heavy atom. The van der Waals surface area contributed by atoms with Crippen LogP contribution in [-0.2, 0) is 10.1 Å². The van der Waals surface area contributed by atoms with Crippen LogP contribution >= 0.6 is 0 Å². The topological polar surface area (TPSA) is 101 Å². The van der Waals surface area contributed by atoms with Crippen LogP contribution in [0.2, 0.25) is 0 Å². The average Bonchev–Trinajstić information content (AvgIpc) is 2.02. The number of carbonyl (C=O) groups is 1. The first kappa shape index (κ1) is 10.5. The van der Waals surface area contributed by atoms with E-state index in [1.165, 1.54) is 0 Å². The Hall–Kier alpha value is -1.60. The fraction of sp³-hybridized carbons (Fsp3) is 0. The second kappa shape index (κ2) is 3.64. The molecule has 0 heterocycles. The number of carboxylic acid groups (broad SMARTS) is 1. The van der Waals surface area contributed by atoms with Gasteiger partial charge in [0.1, 0.15) is 5.75 Å². The molecule has 0 saturated heterocycles. The van der Waals surface area contributed by atoms with Gasteiger partial charge in [-0.05, 0) is 24.3 Å². The van der Waals surface area contributed by atoms with Crippen molar-refractivity contribution in [3.8, 4) is 5.75 Å². The monoisotopic (exact) mass is 218 g/mol. The van der Waals surface area contributed by atoms with Gasteiger partial charge in [-0.2, -0.15) is 8.42 Å². The molecule has 0 aliphatic rings. The Morgan fingerprint density at radius 2 is 1.71 bits per heavy atom. The Labute approximate surface area is 79.5 Å². The van der Waals surface area contributed by atoms with Gasteiger partial charge in [0, 0.05) is 0 Å². The summed E-state index contributed by atoms with van der Waals surface area (Å²) in [6.07, 6.45) is -1.50. The number of ether oxygens (including phenoxy) is 1. The Morgan fingerprint density at radius 1 is 1.21 bits per heavy atom. The molecule has 7 heteroatoms. The first-order valence-corrected chi connectivity index (χ1v) is 4.82. The third kappa shape index (κ3) is 2.71. The molecule has 0 aliphatic heterocycles. The second-order valence-corrected chi connectivity index (χ2v) is 3.74. The SMILES string of the molecule is O=C(O)Oc1ccc(S(=O)(=O)O)cc1. The minimum atomic E-state index is -4.25. The zero-order valence-electron chi connectivity index (χ0n) is 6.75. The molecule has 0 fully saturated rings. The lowest BCUT2D eigenvalue weighted by atomic mass is 10.3. The molecule has 1 aromatic carbocycles. The van der Waals surface area contributed by atoms with Crippen molar-refractivity contribution in [2.45, 2.75) is 4.90 Å². The van der Waals surface area contributed by atoms with E-state index >= 15 is 0 Å². The lowest BCUT2D eigenvalue weighted by Crippen LogP contribution is -2.03. The smallest absolute Gasteiger partial charge is 0.449 e. The minimum absolute atomic E-state index is 0.0232. The van der Waals surface area contributed by atoms with Gasteiger partial charge in [-0.25, -0.2) is 4.79 Å². The van der Waals surface area contributed by atoms with Crippen LogP contribution < -0.4 is 4.74 Å². The largest absolute Gasteiger partial charge is 0.511 e. The standard InChI is InChI=1S/C7H6O6S/c8-7(9)13-5-1-3-6(4-2-5)14(10,11)12/h1-4H,(H,8,9)(H,10,11,12). The number of hydrogen-bond donors (Lipinski definition) is 2. The van der Waals surface area contributed by atoms with Gasteiger partial charge in [0.05, 0.1) is 4.90 Å². The molecule has 0 amide bonds. The molecule has 0 unspecified atom stereocenters. The molecule has 0 spiro atoms. The van der Waals surface area contributed by atoms with Crippen molar-refractivity contribution in [2.75, 3.05) is 0 Å². The summed E-state index contributed by atoms with van der Waals surface area (Å²) in [7, 11) is -4.25. The van der Waals surface area contributed by atoms with Crippen molar-refractivity contribution in [1.29, 1.82) is 0 Å². The molecular formula is C7H6O6S. The molecule has 14 heavy (non-hydrogen) atoms. The molecule has 6 nitrogen and oxygen atoms in total. The van der Waals surface area contributed by atoms with Crippen molar-refractivity contribution in [2.24, 2.45) is 0 Å². The van der Waals surface area contributed by atoms with E-state index in [-0.39, 0.29) is 10.6 Å². The van der Waals surface area contributed by atoms with Crippen LogP contribution in [0.5, 0.6) is 5.75 Å². The fourth-order valence-electron chi connectivity index (χ4n) is 0.780. The first-order chi connectivity index (χ1) is 6.39. The predicted molar refractivity (Wildman–Crippen MR) is 44.9 cm³/mol. The summed E-state index contributed by atoms with van der Waals surface area (Å²) in [5, 5.41) is 8.21. The van der Waals surface area contributed by atoms with Gasteiger partial charge in [-0.15, -0.1) is 0 Å². The van der Waals surface area contributed by atoms with Crippen LogP contribution in [0.25, 0.3) is 0 Å². The quantitative estimate of drug-likeness (QED) is 0.436. The van der Waals surface area contributed by atoms with Gasteiger partial charge in [-0.1, -0.05) is 0 Å². The van der Waals surface area contributed by atoms with E-state index in [0.717, 1.165) is 24.3 Å². The van der Waals surface area contributed by atoms with Crippen LogP contribution in [-0.4, -0.2) is 24.2 Å². The highest BCUT2D eigenvalue weighted by Crippen LogP contribution is 2.15. The maximum atomic E-state index is 10.6. The molecule has 0 aromatic heterocycles. The molecule has 0 bridgehead atoms. The molecule has 1 rings (SSSR count). The summed E-state index contributed by atoms with van der Waals surface area (Å²) in [5.41, 5.74) is 0. The summed E-state index contributed by atoms with van der Waals surface area (Å²) in [6.45, 7) is 0. The van der Waals surface area contributed by atoms with Gasteiger partial charge >= 0.3 is 6.16 Å². The van der Waals surface area contributed by atoms with Gasteiger partial charge < -0.3 is 9.84 Å². The zero-order chi connectivity index (χ0) is 10.8. The van der Waals surface area contributed by atoms with E-state index in [9.17, 15) is 13.2 Å². The average molecular weight is 218 g/mol. The lowest BCUT2D eigenvalue weighted by molar-refractivity contribution is 0.144. The van der Waals surface area contributed by atoms with Crippen molar-refractivity contribution >= 4 is 16.3 Å². The van der Waals surface area contributed by atoms with E-state index < -0.39 is 16.3 Å². The third-order valence-electron chi connectivity index (χ3n) is 1.33. The molecule has 0 atom stereocenters. The number of benzene rings is 1. The Kier molecular flexibility index (Phi) is 2.73. The van der Waals surface area contributed by atoms with Gasteiger partial charge in [-0.3, -0.25) is 4.55 Å². The van der Waals surface area contributed by atoms with Crippen molar-refractivity contribution in [3.63, 3.8) is 0 Å². The highest BCUT2D eigenvalue weighted by Gasteiger charge is 2.09. The molecule has 1 aromatic rings. The van der Waals surface area contributed by atoms with Gasteiger partial charge in [0.25, 0.3) is 10.1 Å². The maximum absolute atomic E-state index is 10.6. The third-order valence-corrected chi connectivity index (χ3v) is 2.19. The van der Waals surface area contributed by atoms with Crippen LogP contribution in [0.1, 0.15) is 0 Å². The lowest BCUT2D eigenvalue weighted by Gasteiger charge is -2.00. The minimum Gasteiger partial charge on any atom is -0.449 e. The number of rotatable bonds is 2. The fourth-order valence-corrected chi connectivity index (χ4v) is 1.26. The first-order valence-electron chi connectivity index (χ1n) is 3.38. The number of hydrogen-bond acceptors (Lipinski definition) is 4.